The van der Waals surface area contributed by atoms with E-state index in [1.165, 1.54) is 24.4 Å². The summed E-state index contributed by atoms with van der Waals surface area (Å²) in [5, 5.41) is 1.79. The van der Waals surface area contributed by atoms with Crippen LogP contribution in [-0.4, -0.2) is 38.4 Å². The van der Waals surface area contributed by atoms with Crippen LogP contribution >= 0.6 is 11.8 Å². The fourth-order valence-corrected chi connectivity index (χ4v) is 9.30. The van der Waals surface area contributed by atoms with Gasteiger partial charge in [-0.1, -0.05) is 93.2 Å². The van der Waals surface area contributed by atoms with Gasteiger partial charge >= 0.3 is 5.97 Å². The van der Waals surface area contributed by atoms with Crippen molar-refractivity contribution in [3.63, 3.8) is 0 Å². The first kappa shape index (κ1) is 24.4. The van der Waals surface area contributed by atoms with Gasteiger partial charge in [-0.2, -0.15) is 0 Å². The topological polar surface area (TPSA) is 52.6 Å². The molecule has 0 aliphatic rings. The van der Waals surface area contributed by atoms with Gasteiger partial charge < -0.3 is 9.16 Å². The van der Waals surface area contributed by atoms with Crippen molar-refractivity contribution < 1.29 is 18.8 Å². The predicted octanol–water partition coefficient (Wildman–Crippen LogP) is 4.16. The Morgan fingerprint density at radius 1 is 0.967 bits per heavy atom. The fourth-order valence-electron chi connectivity index (χ4n) is 3.81. The van der Waals surface area contributed by atoms with E-state index in [1.54, 1.807) is 0 Å². The zero-order valence-electron chi connectivity index (χ0n) is 18.5. The highest BCUT2D eigenvalue weighted by atomic mass is 32.2. The van der Waals surface area contributed by atoms with Gasteiger partial charge in [-0.3, -0.25) is 9.59 Å². The maximum atomic E-state index is 12.0. The smallest absolute Gasteiger partial charge is 0.319 e. The Morgan fingerprint density at radius 3 is 1.87 bits per heavy atom. The van der Waals surface area contributed by atoms with E-state index in [0.717, 1.165) is 11.8 Å². The second-order valence-corrected chi connectivity index (χ2v) is 14.0. The highest BCUT2D eigenvalue weighted by Gasteiger charge is 2.49. The Hall–Kier alpha value is -1.89. The van der Waals surface area contributed by atoms with Gasteiger partial charge in [0, 0.05) is 13.5 Å². The van der Waals surface area contributed by atoms with E-state index in [2.05, 4.69) is 69.3 Å². The van der Waals surface area contributed by atoms with Crippen LogP contribution in [0.3, 0.4) is 0 Å². The maximum Gasteiger partial charge on any atom is 0.319 e. The molecule has 2 aromatic carbocycles. The average Bonchev–Trinajstić information content (AvgIpc) is 2.72. The summed E-state index contributed by atoms with van der Waals surface area (Å²) in [6, 6.07) is 20.9. The second-order valence-electron chi connectivity index (χ2n) is 8.28. The molecular weight excluding hydrogens is 412 g/mol. The summed E-state index contributed by atoms with van der Waals surface area (Å²) in [4.78, 5) is 23.5. The molecule has 0 saturated carbocycles. The minimum absolute atomic E-state index is 0.0849. The molecule has 4 nitrogen and oxygen atoms in total. The van der Waals surface area contributed by atoms with E-state index < -0.39 is 13.6 Å². The first-order chi connectivity index (χ1) is 14.2. The average molecular weight is 445 g/mol. The van der Waals surface area contributed by atoms with Gasteiger partial charge in [0.1, 0.15) is 5.25 Å². The number of hydrogen-bond donors (Lipinski definition) is 0. The normalized spacial score (nSPS) is 13.0. The van der Waals surface area contributed by atoms with Gasteiger partial charge in [-0.25, -0.2) is 0 Å². The SMILES string of the molecule is COC(=O)[C@H](CCCO[Si](c1ccccc1)(c1ccccc1)C(C)(C)C)SC(C)=O. The Morgan fingerprint density at radius 2 is 1.47 bits per heavy atom. The molecule has 0 aromatic heterocycles. The number of thioether (sulfide) groups is 1. The first-order valence-corrected chi connectivity index (χ1v) is 13.0. The molecule has 2 aromatic rings. The fraction of sp³-hybridized carbons (Fsp3) is 0.417. The van der Waals surface area contributed by atoms with Crippen LogP contribution in [0.15, 0.2) is 60.7 Å². The van der Waals surface area contributed by atoms with Crippen LogP contribution < -0.4 is 10.4 Å². The van der Waals surface area contributed by atoms with Crippen molar-refractivity contribution in [2.24, 2.45) is 0 Å². The molecule has 6 heteroatoms. The van der Waals surface area contributed by atoms with Crippen LogP contribution in [0, 0.1) is 0 Å². The maximum absolute atomic E-state index is 12.0. The standard InChI is InChI=1S/C24H32O4SSi/c1-19(25)29-22(23(26)27-5)17-12-18-28-30(24(2,3)4,20-13-8-6-9-14-20)21-15-10-7-11-16-21/h6-11,13-16,22H,12,17-18H2,1-5H3/t22-/m0/s1. The molecular formula is C24H32O4SSi. The van der Waals surface area contributed by atoms with E-state index in [9.17, 15) is 9.59 Å². The van der Waals surface area contributed by atoms with Crippen molar-refractivity contribution in [2.45, 2.75) is 50.8 Å². The predicted molar refractivity (Wildman–Crippen MR) is 127 cm³/mol. The molecule has 0 radical (unpaired) electrons. The van der Waals surface area contributed by atoms with Crippen molar-refractivity contribution in [2.75, 3.05) is 13.7 Å². The Balaban J connectivity index is 2.28. The number of rotatable bonds is 9. The number of methoxy groups -OCH3 is 1. The van der Waals surface area contributed by atoms with Crippen molar-refractivity contribution >= 4 is 41.5 Å². The zero-order chi connectivity index (χ0) is 22.2. The summed E-state index contributed by atoms with van der Waals surface area (Å²) < 4.78 is 11.7. The van der Waals surface area contributed by atoms with Crippen LogP contribution in [-0.2, 0) is 18.8 Å². The van der Waals surface area contributed by atoms with E-state index in [-0.39, 0.29) is 16.1 Å². The van der Waals surface area contributed by atoms with Crippen LogP contribution in [0.25, 0.3) is 0 Å². The monoisotopic (exact) mass is 444 g/mol. The number of carbonyl (C=O) groups is 2. The lowest BCUT2D eigenvalue weighted by molar-refractivity contribution is -0.140. The summed E-state index contributed by atoms with van der Waals surface area (Å²) in [6.45, 7) is 8.70. The third-order valence-corrected chi connectivity index (χ3v) is 11.2. The van der Waals surface area contributed by atoms with Crippen molar-refractivity contribution in [3.05, 3.63) is 60.7 Å². The van der Waals surface area contributed by atoms with Crippen LogP contribution in [0.5, 0.6) is 0 Å². The van der Waals surface area contributed by atoms with E-state index >= 15 is 0 Å². The summed E-state index contributed by atoms with van der Waals surface area (Å²) in [5.74, 6) is -0.361. The Bertz CT molecular complexity index is 779. The lowest BCUT2D eigenvalue weighted by Crippen LogP contribution is -2.66. The van der Waals surface area contributed by atoms with Crippen LogP contribution in [0.2, 0.25) is 5.04 Å². The number of benzene rings is 2. The van der Waals surface area contributed by atoms with Gasteiger partial charge in [-0.05, 0) is 28.3 Å². The van der Waals surface area contributed by atoms with Crippen molar-refractivity contribution in [1.29, 1.82) is 0 Å². The molecule has 0 unspecified atom stereocenters. The molecule has 162 valence electrons. The molecule has 0 bridgehead atoms. The van der Waals surface area contributed by atoms with Gasteiger partial charge in [0.2, 0.25) is 0 Å². The molecule has 0 aliphatic heterocycles. The molecule has 0 aliphatic carbocycles. The van der Waals surface area contributed by atoms with Gasteiger partial charge in [0.25, 0.3) is 8.32 Å². The number of ether oxygens (including phenoxy) is 1. The largest absolute Gasteiger partial charge is 0.468 e. The minimum atomic E-state index is -2.58. The summed E-state index contributed by atoms with van der Waals surface area (Å²) in [5.41, 5.74) is 0. The summed E-state index contributed by atoms with van der Waals surface area (Å²) in [7, 11) is -1.22. The molecule has 0 amide bonds. The highest BCUT2D eigenvalue weighted by molar-refractivity contribution is 8.14. The Kier molecular flexibility index (Phi) is 8.88. The van der Waals surface area contributed by atoms with Crippen LogP contribution in [0.4, 0.5) is 0 Å². The number of hydrogen-bond acceptors (Lipinski definition) is 5. The van der Waals surface area contributed by atoms with E-state index in [4.69, 9.17) is 9.16 Å². The lowest BCUT2D eigenvalue weighted by atomic mass is 10.2. The molecule has 0 heterocycles. The summed E-state index contributed by atoms with van der Waals surface area (Å²) in [6.07, 6.45) is 1.21. The molecule has 0 saturated heterocycles. The van der Waals surface area contributed by atoms with E-state index in [1.807, 2.05) is 12.1 Å². The third kappa shape index (κ3) is 5.83. The van der Waals surface area contributed by atoms with E-state index in [0.29, 0.717) is 19.4 Å². The first-order valence-electron chi connectivity index (χ1n) is 10.2. The second kappa shape index (κ2) is 10.9. The molecule has 1 atom stereocenters. The molecule has 2 rings (SSSR count). The zero-order valence-corrected chi connectivity index (χ0v) is 20.3. The third-order valence-electron chi connectivity index (χ3n) is 5.12. The Labute approximate surface area is 185 Å². The molecule has 0 spiro atoms. The number of carbonyl (C=O) groups excluding carboxylic acids is 2. The highest BCUT2D eigenvalue weighted by Crippen LogP contribution is 2.37. The quantitative estimate of drug-likeness (QED) is 0.330. The van der Waals surface area contributed by atoms with Crippen molar-refractivity contribution in [3.8, 4) is 0 Å². The van der Waals surface area contributed by atoms with Crippen molar-refractivity contribution in [1.82, 2.24) is 0 Å². The van der Waals surface area contributed by atoms with Crippen LogP contribution in [0.1, 0.15) is 40.5 Å². The summed E-state index contributed by atoms with van der Waals surface area (Å²) >= 11 is 1.03. The minimum Gasteiger partial charge on any atom is -0.468 e. The van der Waals surface area contributed by atoms with Gasteiger partial charge in [0.05, 0.1) is 7.11 Å². The van der Waals surface area contributed by atoms with Gasteiger partial charge in [0.15, 0.2) is 5.12 Å². The lowest BCUT2D eigenvalue weighted by Gasteiger charge is -2.43. The number of esters is 1. The molecule has 30 heavy (non-hydrogen) atoms. The molecule has 0 N–H and O–H groups in total. The van der Waals surface area contributed by atoms with Gasteiger partial charge in [-0.15, -0.1) is 0 Å². The molecule has 0 fully saturated rings.